The number of benzene rings is 2. The van der Waals surface area contributed by atoms with Gasteiger partial charge in [-0.3, -0.25) is 4.90 Å². The van der Waals surface area contributed by atoms with E-state index in [1.54, 1.807) is 10.7 Å². The zero-order chi connectivity index (χ0) is 20.2. The molecule has 0 unspecified atom stereocenters. The second kappa shape index (κ2) is 8.55. The molecule has 0 radical (unpaired) electrons. The fourth-order valence-electron chi connectivity index (χ4n) is 3.47. The zero-order valence-corrected chi connectivity index (χ0v) is 16.6. The Morgan fingerprint density at radius 3 is 2.79 bits per heavy atom. The summed E-state index contributed by atoms with van der Waals surface area (Å²) in [6.07, 6.45) is 1.70. The molecule has 1 aromatic heterocycles. The number of methoxy groups -OCH3 is 1. The molecule has 2 heterocycles. The van der Waals surface area contributed by atoms with Gasteiger partial charge < -0.3 is 9.47 Å². The summed E-state index contributed by atoms with van der Waals surface area (Å²) < 4.78 is 12.5. The maximum Gasteiger partial charge on any atom is 0.337 e. The van der Waals surface area contributed by atoms with Crippen molar-refractivity contribution in [1.29, 1.82) is 0 Å². The second-order valence-electron chi connectivity index (χ2n) is 7.21. The van der Waals surface area contributed by atoms with E-state index >= 15 is 0 Å². The number of ether oxygens (including phenoxy) is 2. The second-order valence-corrected chi connectivity index (χ2v) is 7.21. The molecular formula is C22H24N4O3. The first kappa shape index (κ1) is 19.3. The summed E-state index contributed by atoms with van der Waals surface area (Å²) in [6, 6.07) is 15.9. The minimum atomic E-state index is -0.350. The van der Waals surface area contributed by atoms with Crippen molar-refractivity contribution in [2.24, 2.45) is 0 Å². The molecule has 0 spiro atoms. The maximum atomic E-state index is 11.7. The van der Waals surface area contributed by atoms with Crippen LogP contribution in [0.15, 0.2) is 54.7 Å². The lowest BCUT2D eigenvalue weighted by Gasteiger charge is -2.21. The first-order valence-corrected chi connectivity index (χ1v) is 9.61. The minimum Gasteiger partial charge on any atom is -0.465 e. The number of esters is 1. The molecule has 7 nitrogen and oxygen atoms in total. The predicted octanol–water partition coefficient (Wildman–Crippen LogP) is 2.95. The normalized spacial score (nSPS) is 16.8. The first-order valence-electron chi connectivity index (χ1n) is 9.61. The van der Waals surface area contributed by atoms with Gasteiger partial charge in [0.2, 0.25) is 0 Å². The van der Waals surface area contributed by atoms with Gasteiger partial charge in [0.05, 0.1) is 32.0 Å². The summed E-state index contributed by atoms with van der Waals surface area (Å²) in [5.74, 6) is -0.350. The van der Waals surface area contributed by atoms with Crippen molar-refractivity contribution in [2.75, 3.05) is 20.3 Å². The molecule has 1 fully saturated rings. The smallest absolute Gasteiger partial charge is 0.337 e. The van der Waals surface area contributed by atoms with E-state index in [0.29, 0.717) is 18.7 Å². The van der Waals surface area contributed by atoms with E-state index < -0.39 is 0 Å². The monoisotopic (exact) mass is 392 g/mol. The molecule has 2 aromatic carbocycles. The quantitative estimate of drug-likeness (QED) is 0.601. The number of carbonyl (C=O) groups is 1. The fourth-order valence-corrected chi connectivity index (χ4v) is 3.47. The number of aryl methyl sites for hydroxylation is 1. The van der Waals surface area contributed by atoms with Gasteiger partial charge in [0, 0.05) is 13.1 Å². The minimum absolute atomic E-state index is 0.202. The van der Waals surface area contributed by atoms with E-state index in [-0.39, 0.29) is 12.2 Å². The lowest BCUT2D eigenvalue weighted by molar-refractivity contribution is 0.0252. The standard InChI is InChI=1S/C22H24N4O3/c1-16-6-8-17(9-7-16)13-25-10-11-29-21(25)20-15-26(24-23-20)14-18-4-3-5-19(12-18)22(27)28-2/h3-9,12,15,21H,10-11,13-14H2,1-2H3/t21-/m1/s1. The number of nitrogens with zero attached hydrogens (tertiary/aromatic N) is 4. The maximum absolute atomic E-state index is 11.7. The van der Waals surface area contributed by atoms with Gasteiger partial charge in [0.25, 0.3) is 0 Å². The molecular weight excluding hydrogens is 368 g/mol. The van der Waals surface area contributed by atoms with Crippen LogP contribution in [0.4, 0.5) is 0 Å². The Hall–Kier alpha value is -3.03. The van der Waals surface area contributed by atoms with Gasteiger partial charge in [-0.1, -0.05) is 47.2 Å². The van der Waals surface area contributed by atoms with Crippen molar-refractivity contribution in [3.63, 3.8) is 0 Å². The highest BCUT2D eigenvalue weighted by Crippen LogP contribution is 2.27. The zero-order valence-electron chi connectivity index (χ0n) is 16.6. The molecule has 0 aliphatic carbocycles. The van der Waals surface area contributed by atoms with Gasteiger partial charge >= 0.3 is 5.97 Å². The highest BCUT2D eigenvalue weighted by molar-refractivity contribution is 5.89. The van der Waals surface area contributed by atoms with Crippen LogP contribution in [0, 0.1) is 6.92 Å². The van der Waals surface area contributed by atoms with Crippen molar-refractivity contribution in [1.82, 2.24) is 19.9 Å². The molecule has 4 rings (SSSR count). The third-order valence-corrected chi connectivity index (χ3v) is 4.99. The molecule has 3 aromatic rings. The number of hydrogen-bond donors (Lipinski definition) is 0. The molecule has 1 aliphatic heterocycles. The van der Waals surface area contributed by atoms with Crippen LogP contribution in [0.1, 0.15) is 39.0 Å². The van der Waals surface area contributed by atoms with E-state index in [1.165, 1.54) is 18.2 Å². The van der Waals surface area contributed by atoms with Crippen LogP contribution in [0.3, 0.4) is 0 Å². The highest BCUT2D eigenvalue weighted by atomic mass is 16.5. The van der Waals surface area contributed by atoms with Gasteiger partial charge in [-0.25, -0.2) is 9.48 Å². The Bertz CT molecular complexity index is 984. The van der Waals surface area contributed by atoms with Gasteiger partial charge in [-0.05, 0) is 30.2 Å². The van der Waals surface area contributed by atoms with Gasteiger partial charge in [0.15, 0.2) is 6.23 Å². The van der Waals surface area contributed by atoms with Crippen molar-refractivity contribution in [3.8, 4) is 0 Å². The Kier molecular flexibility index (Phi) is 5.69. The van der Waals surface area contributed by atoms with E-state index in [0.717, 1.165) is 24.3 Å². The lowest BCUT2D eigenvalue weighted by Crippen LogP contribution is -2.23. The van der Waals surface area contributed by atoms with E-state index in [9.17, 15) is 4.79 Å². The SMILES string of the molecule is COC(=O)c1cccc(Cn2cc([C@H]3OCCN3Cc3ccc(C)cc3)nn2)c1. The van der Waals surface area contributed by atoms with Crippen LogP contribution >= 0.6 is 0 Å². The van der Waals surface area contributed by atoms with Crippen LogP contribution < -0.4 is 0 Å². The average Bonchev–Trinajstić information content (AvgIpc) is 3.38. The Labute approximate surface area is 169 Å². The molecule has 0 N–H and O–H groups in total. The van der Waals surface area contributed by atoms with Gasteiger partial charge in [0.1, 0.15) is 5.69 Å². The van der Waals surface area contributed by atoms with Crippen LogP contribution in [-0.2, 0) is 22.6 Å². The fraction of sp³-hybridized carbons (Fsp3) is 0.318. The summed E-state index contributed by atoms with van der Waals surface area (Å²) in [5.41, 5.74) is 4.76. The third-order valence-electron chi connectivity index (χ3n) is 4.99. The molecule has 1 atom stereocenters. The lowest BCUT2D eigenvalue weighted by atomic mass is 10.1. The van der Waals surface area contributed by atoms with Gasteiger partial charge in [-0.15, -0.1) is 5.10 Å². The summed E-state index contributed by atoms with van der Waals surface area (Å²) in [6.45, 7) is 4.93. The van der Waals surface area contributed by atoms with Crippen molar-refractivity contribution >= 4 is 5.97 Å². The van der Waals surface area contributed by atoms with E-state index in [2.05, 4.69) is 46.4 Å². The molecule has 150 valence electrons. The topological polar surface area (TPSA) is 69.5 Å². The van der Waals surface area contributed by atoms with Gasteiger partial charge in [-0.2, -0.15) is 0 Å². The summed E-state index contributed by atoms with van der Waals surface area (Å²) in [7, 11) is 1.38. The number of carbonyl (C=O) groups excluding carboxylic acids is 1. The Morgan fingerprint density at radius 2 is 2.00 bits per heavy atom. The average molecular weight is 392 g/mol. The molecule has 1 aliphatic rings. The summed E-state index contributed by atoms with van der Waals surface area (Å²) >= 11 is 0. The molecule has 0 amide bonds. The van der Waals surface area contributed by atoms with E-state index in [4.69, 9.17) is 9.47 Å². The number of hydrogen-bond acceptors (Lipinski definition) is 6. The highest BCUT2D eigenvalue weighted by Gasteiger charge is 2.29. The van der Waals surface area contributed by atoms with Crippen LogP contribution in [0.25, 0.3) is 0 Å². The number of rotatable bonds is 6. The predicted molar refractivity (Wildman–Crippen MR) is 107 cm³/mol. The number of aromatic nitrogens is 3. The van der Waals surface area contributed by atoms with Crippen molar-refractivity contribution in [2.45, 2.75) is 26.2 Å². The van der Waals surface area contributed by atoms with Crippen molar-refractivity contribution < 1.29 is 14.3 Å². The van der Waals surface area contributed by atoms with Crippen molar-refractivity contribution in [3.05, 3.63) is 82.7 Å². The molecule has 7 heteroatoms. The molecule has 1 saturated heterocycles. The van der Waals surface area contributed by atoms with Crippen LogP contribution in [-0.4, -0.2) is 46.1 Å². The largest absolute Gasteiger partial charge is 0.465 e. The Balaban J connectivity index is 1.45. The van der Waals surface area contributed by atoms with E-state index in [1.807, 2.05) is 24.4 Å². The summed E-state index contributed by atoms with van der Waals surface area (Å²) in [4.78, 5) is 14.0. The third kappa shape index (κ3) is 4.52. The summed E-state index contributed by atoms with van der Waals surface area (Å²) in [5, 5.41) is 8.58. The molecule has 0 bridgehead atoms. The molecule has 0 saturated carbocycles. The Morgan fingerprint density at radius 1 is 1.17 bits per heavy atom. The van der Waals surface area contributed by atoms with Crippen LogP contribution in [0.2, 0.25) is 0 Å². The first-order chi connectivity index (χ1) is 14.1. The molecule has 29 heavy (non-hydrogen) atoms. The van der Waals surface area contributed by atoms with Crippen LogP contribution in [0.5, 0.6) is 0 Å².